The van der Waals surface area contributed by atoms with Crippen molar-refractivity contribution in [2.45, 2.75) is 31.8 Å². The van der Waals surface area contributed by atoms with Crippen LogP contribution in [0.5, 0.6) is 0 Å². The second kappa shape index (κ2) is 7.47. The summed E-state index contributed by atoms with van der Waals surface area (Å²) in [6.07, 6.45) is 1.99. The van der Waals surface area contributed by atoms with E-state index in [-0.39, 0.29) is 36.0 Å². The zero-order valence-corrected chi connectivity index (χ0v) is 15.1. The normalized spacial score (nSPS) is 20.8. The maximum atomic E-state index is 12.6. The first-order valence-corrected chi connectivity index (χ1v) is 8.21. The number of benzene rings is 1. The average Bonchev–Trinajstić information content (AvgIpc) is 2.50. The summed E-state index contributed by atoms with van der Waals surface area (Å²) in [7, 11) is 0. The van der Waals surface area contributed by atoms with Crippen LogP contribution in [-0.4, -0.2) is 29.5 Å². The standard InChI is InChI=1S/C16H18BrN3O2.ClH/c1-9-13(6-3-7-18-9)19-16(22)11-8-14(21)20-15-10(11)4-2-5-12(15)17;/h2,4-5,8-9,13,18H,3,6-7H2,1H3,(H,19,22)(H,20,21);1H. The van der Waals surface area contributed by atoms with Crippen LogP contribution in [0.3, 0.4) is 0 Å². The highest BCUT2D eigenvalue weighted by molar-refractivity contribution is 9.10. The summed E-state index contributed by atoms with van der Waals surface area (Å²) in [6, 6.07) is 7.22. The van der Waals surface area contributed by atoms with Crippen molar-refractivity contribution >= 4 is 45.1 Å². The first kappa shape index (κ1) is 18.0. The molecule has 1 amide bonds. The van der Waals surface area contributed by atoms with Crippen molar-refractivity contribution in [3.05, 3.63) is 44.7 Å². The number of H-pyrrole nitrogens is 1. The van der Waals surface area contributed by atoms with Gasteiger partial charge in [0, 0.05) is 28.0 Å². The number of fused-ring (bicyclic) bond motifs is 1. The highest BCUT2D eigenvalue weighted by Crippen LogP contribution is 2.23. The quantitative estimate of drug-likeness (QED) is 0.725. The zero-order valence-electron chi connectivity index (χ0n) is 12.7. The molecule has 2 unspecified atom stereocenters. The minimum Gasteiger partial charge on any atom is -0.348 e. The summed E-state index contributed by atoms with van der Waals surface area (Å²) >= 11 is 3.41. The first-order chi connectivity index (χ1) is 10.6. The van der Waals surface area contributed by atoms with Gasteiger partial charge < -0.3 is 15.6 Å². The van der Waals surface area contributed by atoms with Gasteiger partial charge in [0.15, 0.2) is 0 Å². The summed E-state index contributed by atoms with van der Waals surface area (Å²) in [4.78, 5) is 27.2. The predicted octanol–water partition coefficient (Wildman–Crippen LogP) is 2.58. The van der Waals surface area contributed by atoms with Gasteiger partial charge in [-0.3, -0.25) is 9.59 Å². The van der Waals surface area contributed by atoms with E-state index in [0.717, 1.165) is 29.2 Å². The maximum Gasteiger partial charge on any atom is 0.252 e. The molecule has 2 aromatic rings. The fourth-order valence-corrected chi connectivity index (χ4v) is 3.38. The van der Waals surface area contributed by atoms with Crippen LogP contribution < -0.4 is 16.2 Å². The molecule has 3 rings (SSSR count). The monoisotopic (exact) mass is 399 g/mol. The topological polar surface area (TPSA) is 74.0 Å². The minimum atomic E-state index is -0.278. The summed E-state index contributed by atoms with van der Waals surface area (Å²) in [6.45, 7) is 3.05. The van der Waals surface area contributed by atoms with Gasteiger partial charge in [-0.05, 0) is 48.3 Å². The van der Waals surface area contributed by atoms with E-state index < -0.39 is 0 Å². The van der Waals surface area contributed by atoms with Crippen molar-refractivity contribution in [2.24, 2.45) is 0 Å². The van der Waals surface area contributed by atoms with Crippen LogP contribution in [0, 0.1) is 0 Å². The Labute approximate surface area is 148 Å². The van der Waals surface area contributed by atoms with Crippen LogP contribution in [-0.2, 0) is 0 Å². The summed E-state index contributed by atoms with van der Waals surface area (Å²) in [5.74, 6) is -0.199. The molecule has 5 nitrogen and oxygen atoms in total. The summed E-state index contributed by atoms with van der Waals surface area (Å²) < 4.78 is 0.768. The van der Waals surface area contributed by atoms with E-state index in [9.17, 15) is 9.59 Å². The van der Waals surface area contributed by atoms with Gasteiger partial charge in [0.25, 0.3) is 5.91 Å². The van der Waals surface area contributed by atoms with E-state index in [1.54, 1.807) is 0 Å². The van der Waals surface area contributed by atoms with Crippen LogP contribution >= 0.6 is 28.3 Å². The Morgan fingerprint density at radius 2 is 2.17 bits per heavy atom. The lowest BCUT2D eigenvalue weighted by molar-refractivity contribution is 0.0921. The van der Waals surface area contributed by atoms with Gasteiger partial charge in [-0.2, -0.15) is 0 Å². The smallest absolute Gasteiger partial charge is 0.252 e. The van der Waals surface area contributed by atoms with Gasteiger partial charge in [0.05, 0.1) is 11.1 Å². The highest BCUT2D eigenvalue weighted by atomic mass is 79.9. The number of halogens is 2. The molecule has 3 N–H and O–H groups in total. The molecule has 0 spiro atoms. The number of aromatic amines is 1. The van der Waals surface area contributed by atoms with Crippen molar-refractivity contribution in [1.29, 1.82) is 0 Å². The van der Waals surface area contributed by atoms with E-state index in [0.29, 0.717) is 11.1 Å². The van der Waals surface area contributed by atoms with Gasteiger partial charge in [0.1, 0.15) is 0 Å². The van der Waals surface area contributed by atoms with Crippen LogP contribution in [0.2, 0.25) is 0 Å². The molecule has 2 heterocycles. The van der Waals surface area contributed by atoms with E-state index >= 15 is 0 Å². The number of carbonyl (C=O) groups excluding carboxylic acids is 1. The van der Waals surface area contributed by atoms with E-state index in [4.69, 9.17) is 0 Å². The zero-order chi connectivity index (χ0) is 15.7. The molecule has 0 saturated carbocycles. The third kappa shape index (κ3) is 3.76. The Morgan fingerprint density at radius 3 is 2.91 bits per heavy atom. The number of amides is 1. The fourth-order valence-electron chi connectivity index (χ4n) is 2.92. The number of piperidine rings is 1. The van der Waals surface area contributed by atoms with Crippen LogP contribution in [0.4, 0.5) is 0 Å². The largest absolute Gasteiger partial charge is 0.348 e. The molecule has 2 atom stereocenters. The summed E-state index contributed by atoms with van der Waals surface area (Å²) in [5.41, 5.74) is 0.784. The first-order valence-electron chi connectivity index (χ1n) is 7.42. The molecule has 23 heavy (non-hydrogen) atoms. The Hall–Kier alpha value is -1.37. The molecule has 124 valence electrons. The van der Waals surface area contributed by atoms with E-state index in [1.165, 1.54) is 6.07 Å². The Morgan fingerprint density at radius 1 is 1.39 bits per heavy atom. The number of hydrogen-bond acceptors (Lipinski definition) is 3. The predicted molar refractivity (Wildman–Crippen MR) is 97.5 cm³/mol. The van der Waals surface area contributed by atoms with Gasteiger partial charge in [-0.15, -0.1) is 12.4 Å². The number of para-hydroxylation sites is 1. The van der Waals surface area contributed by atoms with Gasteiger partial charge in [-0.25, -0.2) is 0 Å². The van der Waals surface area contributed by atoms with Gasteiger partial charge in [-0.1, -0.05) is 12.1 Å². The Bertz CT molecular complexity index is 777. The van der Waals surface area contributed by atoms with Crippen molar-refractivity contribution in [3.63, 3.8) is 0 Å². The lowest BCUT2D eigenvalue weighted by Crippen LogP contribution is -2.52. The summed E-state index contributed by atoms with van der Waals surface area (Å²) in [5, 5.41) is 7.15. The number of aromatic nitrogens is 1. The van der Waals surface area contributed by atoms with Crippen molar-refractivity contribution in [3.8, 4) is 0 Å². The molecule has 1 aliphatic rings. The molecule has 0 radical (unpaired) electrons. The number of nitrogens with one attached hydrogen (secondary N) is 3. The number of pyridine rings is 1. The number of hydrogen-bond donors (Lipinski definition) is 3. The molecule has 0 aliphatic carbocycles. The van der Waals surface area contributed by atoms with E-state index in [1.807, 2.05) is 18.2 Å². The SMILES string of the molecule is CC1NCCCC1NC(=O)c1cc(=O)[nH]c2c(Br)cccc12.Cl. The van der Waals surface area contributed by atoms with Gasteiger partial charge >= 0.3 is 0 Å². The highest BCUT2D eigenvalue weighted by Gasteiger charge is 2.24. The van der Waals surface area contributed by atoms with Gasteiger partial charge in [0.2, 0.25) is 5.56 Å². The molecule has 1 aromatic carbocycles. The molecule has 7 heteroatoms. The van der Waals surface area contributed by atoms with Crippen molar-refractivity contribution < 1.29 is 4.79 Å². The second-order valence-corrected chi connectivity index (χ2v) is 6.53. The third-order valence-electron chi connectivity index (χ3n) is 4.15. The molecule has 0 bridgehead atoms. The molecular formula is C16H19BrClN3O2. The fraction of sp³-hybridized carbons (Fsp3) is 0.375. The van der Waals surface area contributed by atoms with E-state index in [2.05, 4.69) is 38.5 Å². The molecule has 1 saturated heterocycles. The van der Waals surface area contributed by atoms with Crippen molar-refractivity contribution in [1.82, 2.24) is 15.6 Å². The Kier molecular flexibility index (Phi) is 5.84. The third-order valence-corrected chi connectivity index (χ3v) is 4.81. The lowest BCUT2D eigenvalue weighted by atomic mass is 9.99. The molecule has 1 aromatic heterocycles. The lowest BCUT2D eigenvalue weighted by Gasteiger charge is -2.30. The molecular weight excluding hydrogens is 382 g/mol. The number of rotatable bonds is 2. The maximum absolute atomic E-state index is 12.6. The average molecular weight is 401 g/mol. The van der Waals surface area contributed by atoms with Crippen molar-refractivity contribution in [2.75, 3.05) is 6.54 Å². The van der Waals surface area contributed by atoms with Crippen LogP contribution in [0.1, 0.15) is 30.1 Å². The van der Waals surface area contributed by atoms with Crippen LogP contribution in [0.15, 0.2) is 33.5 Å². The molecule has 1 aliphatic heterocycles. The second-order valence-electron chi connectivity index (χ2n) is 5.67. The molecule has 1 fully saturated rings. The van der Waals surface area contributed by atoms with Crippen LogP contribution in [0.25, 0.3) is 10.9 Å². The Balaban J connectivity index is 0.00000192. The number of carbonyl (C=O) groups is 1. The minimum absolute atomic E-state index is 0.